The van der Waals surface area contributed by atoms with E-state index in [0.717, 1.165) is 55.2 Å². The summed E-state index contributed by atoms with van der Waals surface area (Å²) in [6, 6.07) is 11.2. The zero-order valence-electron chi connectivity index (χ0n) is 36.7. The number of fused-ring (bicyclic) bond motifs is 1. The van der Waals surface area contributed by atoms with Gasteiger partial charge in [-0.1, -0.05) is 19.1 Å². The lowest BCUT2D eigenvalue weighted by atomic mass is 9.89. The molecule has 6 heterocycles. The van der Waals surface area contributed by atoms with Gasteiger partial charge in [0, 0.05) is 92.4 Å². The van der Waals surface area contributed by atoms with E-state index >= 15 is 8.78 Å². The fraction of sp³-hybridized carbons (Fsp3) is 0.378. The van der Waals surface area contributed by atoms with Crippen molar-refractivity contribution >= 4 is 62.9 Å². The van der Waals surface area contributed by atoms with Gasteiger partial charge in [-0.2, -0.15) is 12.7 Å². The van der Waals surface area contributed by atoms with Gasteiger partial charge in [0.25, 0.3) is 12.4 Å². The molecule has 3 aromatic heterocycles. The van der Waals surface area contributed by atoms with Gasteiger partial charge in [0.1, 0.15) is 17.2 Å². The molecule has 1 unspecified atom stereocenters. The molecule has 3 fully saturated rings. The van der Waals surface area contributed by atoms with Crippen LogP contribution in [-0.2, 0) is 29.4 Å². The predicted octanol–water partition coefficient (Wildman–Crippen LogP) is 3.99. The van der Waals surface area contributed by atoms with Crippen LogP contribution in [0.1, 0.15) is 72.9 Å². The Morgan fingerprint density at radius 3 is 2.28 bits per heavy atom. The highest BCUT2D eigenvalue weighted by Gasteiger charge is 2.30. The summed E-state index contributed by atoms with van der Waals surface area (Å²) in [5, 5.41) is 12.7. The molecule has 2 aromatic carbocycles. The highest BCUT2D eigenvalue weighted by molar-refractivity contribution is 7.90. The third-order valence-corrected chi connectivity index (χ3v) is 13.6. The number of benzene rings is 2. The van der Waals surface area contributed by atoms with Crippen LogP contribution in [0, 0.1) is 11.6 Å². The van der Waals surface area contributed by atoms with Gasteiger partial charge in [0.15, 0.2) is 11.9 Å². The number of nitrogens with zero attached hydrogens (tertiary/aromatic N) is 6. The Morgan fingerprint density at radius 1 is 0.955 bits per heavy atom. The molecular formula is C45H50F2N10O9S. The van der Waals surface area contributed by atoms with Gasteiger partial charge in [0.05, 0.1) is 17.8 Å². The van der Waals surface area contributed by atoms with Gasteiger partial charge in [0.2, 0.25) is 23.5 Å². The van der Waals surface area contributed by atoms with Gasteiger partial charge in [-0.25, -0.2) is 23.7 Å². The third kappa shape index (κ3) is 11.4. The van der Waals surface area contributed by atoms with Crippen LogP contribution in [-0.4, -0.2) is 131 Å². The first kappa shape index (κ1) is 48.0. The maximum atomic E-state index is 15.6. The van der Waals surface area contributed by atoms with Gasteiger partial charge in [-0.3, -0.25) is 38.9 Å². The van der Waals surface area contributed by atoms with E-state index in [1.54, 1.807) is 31.6 Å². The molecule has 0 saturated carbocycles. The normalized spacial score (nSPS) is 17.4. The molecule has 3 aliphatic rings. The molecule has 5 N–H and O–H groups in total. The second-order valence-electron chi connectivity index (χ2n) is 16.3. The summed E-state index contributed by atoms with van der Waals surface area (Å²) >= 11 is 0. The minimum atomic E-state index is -4.15. The molecule has 19 nitrogen and oxygen atoms in total. The SMILES string of the molecule is CCN(C)S(=O)(=O)Nc1ccc(F)c(C(=O)c2c[nH]c3ncc(-c4cnc(N5CCC(NC(=O)CN6CCC(c7ccc(OC8CCC(=O)NC8=O)cc7)CC6)CC5)nc4)cc23)c1F.O=CO. The molecule has 22 heteroatoms. The Bertz CT molecular complexity index is 2730. The number of hydrogen-bond acceptors (Lipinski definition) is 13. The molecule has 0 spiro atoms. The van der Waals surface area contributed by atoms with Crippen molar-refractivity contribution in [3.63, 3.8) is 0 Å². The number of carbonyl (C=O) groups is 5. The topological polar surface area (TPSA) is 249 Å². The maximum absolute atomic E-state index is 15.6. The number of ketones is 1. The van der Waals surface area contributed by atoms with Crippen LogP contribution in [0.2, 0.25) is 0 Å². The van der Waals surface area contributed by atoms with Crippen molar-refractivity contribution in [2.45, 2.75) is 63.5 Å². The highest BCUT2D eigenvalue weighted by Crippen LogP contribution is 2.32. The monoisotopic (exact) mass is 944 g/mol. The first-order valence-corrected chi connectivity index (χ1v) is 23.1. The van der Waals surface area contributed by atoms with Crippen molar-refractivity contribution in [2.24, 2.45) is 0 Å². The molecule has 0 radical (unpaired) electrons. The number of ether oxygens (including phenoxy) is 1. The molecule has 3 saturated heterocycles. The summed E-state index contributed by atoms with van der Waals surface area (Å²) in [5.41, 5.74) is 1.08. The van der Waals surface area contributed by atoms with E-state index in [1.165, 1.54) is 18.8 Å². The Kier molecular flexibility index (Phi) is 15.2. The van der Waals surface area contributed by atoms with Crippen molar-refractivity contribution in [1.29, 1.82) is 0 Å². The average Bonchev–Trinajstić information content (AvgIpc) is 3.75. The van der Waals surface area contributed by atoms with Crippen molar-refractivity contribution in [1.82, 2.24) is 39.8 Å². The molecular weight excluding hydrogens is 895 g/mol. The second kappa shape index (κ2) is 21.2. The number of pyridine rings is 1. The Labute approximate surface area is 384 Å². The number of piperidine rings is 3. The highest BCUT2D eigenvalue weighted by atomic mass is 32.2. The number of nitrogens with one attached hydrogen (secondary N) is 4. The van der Waals surface area contributed by atoms with Crippen molar-refractivity contribution in [3.05, 3.63) is 95.6 Å². The summed E-state index contributed by atoms with van der Waals surface area (Å²) in [4.78, 5) is 79.2. The fourth-order valence-corrected chi connectivity index (χ4v) is 9.17. The number of halogens is 2. The zero-order chi connectivity index (χ0) is 47.8. The minimum absolute atomic E-state index is 0.00278. The molecule has 8 rings (SSSR count). The Balaban J connectivity index is 0.00000216. The lowest BCUT2D eigenvalue weighted by molar-refractivity contribution is -0.139. The maximum Gasteiger partial charge on any atom is 0.301 e. The number of hydrogen-bond donors (Lipinski definition) is 5. The summed E-state index contributed by atoms with van der Waals surface area (Å²) < 4.78 is 64.5. The third-order valence-electron chi connectivity index (χ3n) is 12.1. The first-order chi connectivity index (χ1) is 32.2. The van der Waals surface area contributed by atoms with E-state index in [9.17, 15) is 27.6 Å². The summed E-state index contributed by atoms with van der Waals surface area (Å²) in [7, 11) is -2.86. The number of imide groups is 1. The number of amides is 3. The molecule has 5 aromatic rings. The molecule has 0 aliphatic carbocycles. The van der Waals surface area contributed by atoms with Crippen LogP contribution in [0.15, 0.2) is 67.3 Å². The van der Waals surface area contributed by atoms with Crippen LogP contribution in [0.4, 0.5) is 20.4 Å². The lowest BCUT2D eigenvalue weighted by Crippen LogP contribution is -2.48. The number of rotatable bonds is 14. The van der Waals surface area contributed by atoms with Crippen LogP contribution in [0.25, 0.3) is 22.2 Å². The van der Waals surface area contributed by atoms with E-state index in [2.05, 4.69) is 40.2 Å². The molecule has 3 aliphatic heterocycles. The number of aromatic nitrogens is 4. The molecule has 354 valence electrons. The van der Waals surface area contributed by atoms with E-state index in [0.29, 0.717) is 65.8 Å². The lowest BCUT2D eigenvalue weighted by Gasteiger charge is -2.34. The van der Waals surface area contributed by atoms with Crippen LogP contribution < -0.4 is 25.0 Å². The average molecular weight is 945 g/mol. The van der Waals surface area contributed by atoms with Crippen LogP contribution in [0.3, 0.4) is 0 Å². The fourth-order valence-electron chi connectivity index (χ4n) is 8.24. The molecule has 1 atom stereocenters. The summed E-state index contributed by atoms with van der Waals surface area (Å²) in [5.74, 6) is -2.73. The molecule has 67 heavy (non-hydrogen) atoms. The van der Waals surface area contributed by atoms with Crippen LogP contribution >= 0.6 is 0 Å². The first-order valence-electron chi connectivity index (χ1n) is 21.7. The van der Waals surface area contributed by atoms with E-state index in [1.807, 2.05) is 29.2 Å². The van der Waals surface area contributed by atoms with Gasteiger partial charge < -0.3 is 25.0 Å². The Hall–Kier alpha value is -6.91. The van der Waals surface area contributed by atoms with Crippen molar-refractivity contribution < 1.29 is 51.0 Å². The van der Waals surface area contributed by atoms with Crippen molar-refractivity contribution in [3.8, 4) is 16.9 Å². The Morgan fingerprint density at radius 2 is 1.63 bits per heavy atom. The number of anilines is 2. The number of likely N-dealkylation sites (tertiary alicyclic amines) is 1. The predicted molar refractivity (Wildman–Crippen MR) is 241 cm³/mol. The quantitative estimate of drug-likeness (QED) is 0.0601. The molecule has 3 amide bonds. The van der Waals surface area contributed by atoms with E-state index in [-0.39, 0.29) is 42.9 Å². The van der Waals surface area contributed by atoms with E-state index in [4.69, 9.17) is 14.6 Å². The zero-order valence-corrected chi connectivity index (χ0v) is 37.5. The smallest absolute Gasteiger partial charge is 0.301 e. The van der Waals surface area contributed by atoms with Gasteiger partial charge in [-0.05, 0) is 80.6 Å². The van der Waals surface area contributed by atoms with Crippen LogP contribution in [0.5, 0.6) is 5.75 Å². The largest absolute Gasteiger partial charge is 0.483 e. The summed E-state index contributed by atoms with van der Waals surface area (Å²) in [6.07, 6.45) is 9.35. The number of H-pyrrole nitrogens is 1. The number of aromatic amines is 1. The van der Waals surface area contributed by atoms with E-state index < -0.39 is 50.9 Å². The summed E-state index contributed by atoms with van der Waals surface area (Å²) in [6.45, 7) is 4.64. The standard InChI is InChI=1S/C44H48F2N10O7S.CH2O2/c1-3-54(2)64(61,62)53-35-9-8-34(45)39(40(35)46)41(59)33-24-48-42-32(33)20-28(21-47-42)29-22-49-44(50-23-29)56-18-14-30(15-19-56)51-38(58)25-55-16-12-27(13-17-55)26-4-6-31(7-5-26)63-36-10-11-37(57)52-43(36)60;2-1-3/h4-9,20-24,27,30,36,53H,3,10-19,25H2,1-2H3,(H,47,48)(H,51,58)(H,52,57,60);1H,(H,2,3). The van der Waals surface area contributed by atoms with Gasteiger partial charge >= 0.3 is 10.2 Å². The van der Waals surface area contributed by atoms with Gasteiger partial charge in [-0.15, -0.1) is 0 Å². The molecule has 0 bridgehead atoms. The number of carbonyl (C=O) groups excluding carboxylic acids is 4. The number of carboxylic acid groups (broad SMARTS) is 1. The second-order valence-corrected chi connectivity index (χ2v) is 18.1. The van der Waals surface area contributed by atoms with Crippen molar-refractivity contribution in [2.75, 3.05) is 55.9 Å². The minimum Gasteiger partial charge on any atom is -0.483 e.